The van der Waals surface area contributed by atoms with Crippen LogP contribution in [0.3, 0.4) is 0 Å². The standard InChI is InChI=1S/C29H25FN8O/c1-16-3-5-19(6-4-16)17(2)38-29(39)22-9-18(11-31)12-33-27(22)34-13-21-8-7-20(10-24(21)30)23-14-35-28-25(23)26(32)36-15-37-28/h3-10,12,14-15,17H,13H2,1-2H3,(H,33,34)(H,38,39)(H3,32,35,36,37)/t17-/m0/s1. The van der Waals surface area contributed by atoms with Gasteiger partial charge in [-0.1, -0.05) is 42.0 Å². The van der Waals surface area contributed by atoms with Crippen molar-refractivity contribution in [2.24, 2.45) is 0 Å². The van der Waals surface area contributed by atoms with Gasteiger partial charge in [-0.25, -0.2) is 19.3 Å². The molecule has 3 heterocycles. The van der Waals surface area contributed by atoms with Gasteiger partial charge >= 0.3 is 0 Å². The Bertz CT molecular complexity index is 1720. The number of fused-ring (bicyclic) bond motifs is 1. The summed E-state index contributed by atoms with van der Waals surface area (Å²) in [4.78, 5) is 28.6. The first-order valence-electron chi connectivity index (χ1n) is 12.2. The monoisotopic (exact) mass is 520 g/mol. The molecule has 0 saturated carbocycles. The van der Waals surface area contributed by atoms with Crippen LogP contribution in [0.15, 0.2) is 67.3 Å². The zero-order valence-corrected chi connectivity index (χ0v) is 21.3. The molecule has 0 radical (unpaired) electrons. The zero-order chi connectivity index (χ0) is 27.5. The summed E-state index contributed by atoms with van der Waals surface area (Å²) < 4.78 is 15.2. The molecule has 1 amide bonds. The summed E-state index contributed by atoms with van der Waals surface area (Å²) in [5.41, 5.74) is 10.8. The van der Waals surface area contributed by atoms with E-state index in [1.807, 2.05) is 44.2 Å². The first kappa shape index (κ1) is 25.4. The van der Waals surface area contributed by atoms with Gasteiger partial charge < -0.3 is 21.4 Å². The summed E-state index contributed by atoms with van der Waals surface area (Å²) in [6, 6.07) is 15.9. The Morgan fingerprint density at radius 2 is 1.95 bits per heavy atom. The van der Waals surface area contributed by atoms with Gasteiger partial charge in [0.1, 0.15) is 35.5 Å². The fraction of sp³-hybridized carbons (Fsp3) is 0.138. The molecule has 0 fully saturated rings. The molecule has 0 spiro atoms. The number of benzene rings is 2. The predicted octanol–water partition coefficient (Wildman–Crippen LogP) is 5.02. The summed E-state index contributed by atoms with van der Waals surface area (Å²) in [7, 11) is 0. The molecule has 3 aromatic heterocycles. The number of nitrogens with two attached hydrogens (primary N) is 1. The Labute approximate surface area is 224 Å². The zero-order valence-electron chi connectivity index (χ0n) is 21.3. The number of nitrogens with zero attached hydrogens (tertiary/aromatic N) is 4. The summed E-state index contributed by atoms with van der Waals surface area (Å²) in [6.45, 7) is 3.94. The molecule has 0 aliphatic carbocycles. The number of aromatic nitrogens is 4. The lowest BCUT2D eigenvalue weighted by molar-refractivity contribution is 0.0940. The molecule has 9 nitrogen and oxygen atoms in total. The van der Waals surface area contributed by atoms with Crippen molar-refractivity contribution in [2.45, 2.75) is 26.4 Å². The van der Waals surface area contributed by atoms with E-state index in [1.165, 1.54) is 24.7 Å². The van der Waals surface area contributed by atoms with Crippen LogP contribution in [0, 0.1) is 24.1 Å². The van der Waals surface area contributed by atoms with Crippen LogP contribution in [-0.2, 0) is 6.54 Å². The third-order valence-corrected chi connectivity index (χ3v) is 6.50. The van der Waals surface area contributed by atoms with Crippen LogP contribution in [0.25, 0.3) is 22.2 Å². The molecule has 0 saturated heterocycles. The number of H-pyrrole nitrogens is 1. The van der Waals surface area contributed by atoms with E-state index in [2.05, 4.69) is 30.6 Å². The van der Waals surface area contributed by atoms with Crippen molar-refractivity contribution in [3.63, 3.8) is 0 Å². The number of carbonyl (C=O) groups is 1. The summed E-state index contributed by atoms with van der Waals surface area (Å²) in [6.07, 6.45) is 4.44. The normalized spacial score (nSPS) is 11.6. The predicted molar refractivity (Wildman–Crippen MR) is 147 cm³/mol. The average molecular weight is 521 g/mol. The van der Waals surface area contributed by atoms with E-state index in [0.29, 0.717) is 33.5 Å². The Balaban J connectivity index is 1.35. The molecule has 0 aliphatic heterocycles. The molecule has 0 aliphatic rings. The quantitative estimate of drug-likeness (QED) is 0.236. The second-order valence-electron chi connectivity index (χ2n) is 9.18. The van der Waals surface area contributed by atoms with E-state index in [1.54, 1.807) is 18.3 Å². The van der Waals surface area contributed by atoms with E-state index >= 15 is 4.39 Å². The van der Waals surface area contributed by atoms with Crippen LogP contribution < -0.4 is 16.4 Å². The Morgan fingerprint density at radius 3 is 2.69 bits per heavy atom. The van der Waals surface area contributed by atoms with E-state index in [9.17, 15) is 10.1 Å². The number of aryl methyl sites for hydroxylation is 1. The van der Waals surface area contributed by atoms with Gasteiger partial charge in [-0.2, -0.15) is 5.26 Å². The summed E-state index contributed by atoms with van der Waals surface area (Å²) in [5.74, 6) is -0.299. The molecule has 39 heavy (non-hydrogen) atoms. The summed E-state index contributed by atoms with van der Waals surface area (Å²) in [5, 5.41) is 16.0. The van der Waals surface area contributed by atoms with Gasteiger partial charge in [-0.15, -0.1) is 0 Å². The Morgan fingerprint density at radius 1 is 1.15 bits per heavy atom. The van der Waals surface area contributed by atoms with E-state index in [0.717, 1.165) is 11.1 Å². The Hall–Kier alpha value is -5.30. The number of carbonyl (C=O) groups excluding carboxylic acids is 1. The van der Waals surface area contributed by atoms with Crippen LogP contribution >= 0.6 is 0 Å². The highest BCUT2D eigenvalue weighted by Crippen LogP contribution is 2.31. The van der Waals surface area contributed by atoms with Crippen LogP contribution in [0.4, 0.5) is 16.0 Å². The van der Waals surface area contributed by atoms with Crippen LogP contribution in [0.1, 0.15) is 45.6 Å². The van der Waals surface area contributed by atoms with Gasteiger partial charge in [-0.05, 0) is 37.1 Å². The van der Waals surface area contributed by atoms with E-state index in [4.69, 9.17) is 5.73 Å². The van der Waals surface area contributed by atoms with Gasteiger partial charge in [0.15, 0.2) is 0 Å². The molecule has 2 aromatic carbocycles. The minimum absolute atomic E-state index is 0.0674. The molecular formula is C29H25FN8O. The minimum Gasteiger partial charge on any atom is -0.383 e. The molecule has 5 N–H and O–H groups in total. The topological polar surface area (TPSA) is 145 Å². The highest BCUT2D eigenvalue weighted by molar-refractivity contribution is 6.00. The number of hydrogen-bond donors (Lipinski definition) is 4. The molecule has 0 unspecified atom stereocenters. The number of rotatable bonds is 7. The SMILES string of the molecule is Cc1ccc([C@H](C)NC(=O)c2cc(C#N)cnc2NCc2ccc(-c3c[nH]c4ncnc(N)c34)cc2F)cc1. The lowest BCUT2D eigenvalue weighted by Gasteiger charge is -2.17. The van der Waals surface area contributed by atoms with Gasteiger partial charge in [0.25, 0.3) is 5.91 Å². The van der Waals surface area contributed by atoms with Crippen molar-refractivity contribution in [3.8, 4) is 17.2 Å². The molecule has 5 rings (SSSR count). The van der Waals surface area contributed by atoms with Gasteiger partial charge in [-0.3, -0.25) is 4.79 Å². The van der Waals surface area contributed by atoms with Crippen LogP contribution in [-0.4, -0.2) is 25.8 Å². The lowest BCUT2D eigenvalue weighted by Crippen LogP contribution is -2.28. The summed E-state index contributed by atoms with van der Waals surface area (Å²) >= 11 is 0. The van der Waals surface area contributed by atoms with Gasteiger partial charge in [0.2, 0.25) is 0 Å². The minimum atomic E-state index is -0.447. The van der Waals surface area contributed by atoms with Crippen LogP contribution in [0.5, 0.6) is 0 Å². The van der Waals surface area contributed by atoms with E-state index in [-0.39, 0.29) is 29.5 Å². The molecule has 5 aromatic rings. The maximum Gasteiger partial charge on any atom is 0.255 e. The number of aromatic amines is 1. The van der Waals surface area contributed by atoms with Crippen molar-refractivity contribution >= 4 is 28.6 Å². The maximum absolute atomic E-state index is 15.2. The lowest BCUT2D eigenvalue weighted by atomic mass is 10.0. The maximum atomic E-state index is 15.2. The van der Waals surface area contributed by atoms with Crippen molar-refractivity contribution < 1.29 is 9.18 Å². The molecular weight excluding hydrogens is 495 g/mol. The number of hydrogen-bond acceptors (Lipinski definition) is 7. The first-order valence-corrected chi connectivity index (χ1v) is 12.2. The number of halogens is 1. The molecule has 1 atom stereocenters. The number of anilines is 2. The third-order valence-electron chi connectivity index (χ3n) is 6.50. The van der Waals surface area contributed by atoms with Gasteiger partial charge in [0, 0.05) is 30.1 Å². The largest absolute Gasteiger partial charge is 0.383 e. The highest BCUT2D eigenvalue weighted by atomic mass is 19.1. The second kappa shape index (κ2) is 10.6. The van der Waals surface area contributed by atoms with Gasteiger partial charge in [0.05, 0.1) is 22.6 Å². The molecule has 194 valence electrons. The third kappa shape index (κ3) is 5.24. The van der Waals surface area contributed by atoms with E-state index < -0.39 is 11.7 Å². The van der Waals surface area contributed by atoms with Crippen molar-refractivity contribution in [2.75, 3.05) is 11.1 Å². The fourth-order valence-corrected chi connectivity index (χ4v) is 4.30. The number of nitriles is 1. The Kier molecular flexibility index (Phi) is 6.89. The van der Waals surface area contributed by atoms with Crippen molar-refractivity contribution in [1.29, 1.82) is 5.26 Å². The van der Waals surface area contributed by atoms with Crippen molar-refractivity contribution in [3.05, 3.63) is 101 Å². The molecule has 10 heteroatoms. The first-order chi connectivity index (χ1) is 18.8. The van der Waals surface area contributed by atoms with Crippen LogP contribution in [0.2, 0.25) is 0 Å². The molecule has 0 bridgehead atoms. The number of nitrogen functional groups attached to an aromatic ring is 1. The van der Waals surface area contributed by atoms with Crippen molar-refractivity contribution in [1.82, 2.24) is 25.3 Å². The number of amides is 1. The second-order valence-corrected chi connectivity index (χ2v) is 9.18. The fourth-order valence-electron chi connectivity index (χ4n) is 4.30. The smallest absolute Gasteiger partial charge is 0.255 e. The number of pyridine rings is 1. The number of nitrogens with one attached hydrogen (secondary N) is 3. The average Bonchev–Trinajstić information content (AvgIpc) is 3.38. The highest BCUT2D eigenvalue weighted by Gasteiger charge is 2.18.